The number of hydrogen-bond acceptors (Lipinski definition) is 3. The summed E-state index contributed by atoms with van der Waals surface area (Å²) in [7, 11) is 1.87. The van der Waals surface area contributed by atoms with Crippen LogP contribution in [-0.4, -0.2) is 14.7 Å². The molecule has 2 aromatic carbocycles. The number of nitrogens with one attached hydrogen (secondary N) is 1. The Morgan fingerprint density at radius 2 is 1.62 bits per heavy atom. The van der Waals surface area contributed by atoms with Crippen LogP contribution >= 0.6 is 11.6 Å². The number of benzene rings is 2. The van der Waals surface area contributed by atoms with Gasteiger partial charge in [-0.25, -0.2) is 4.98 Å². The molecule has 0 spiro atoms. The van der Waals surface area contributed by atoms with E-state index in [1.54, 1.807) is 6.20 Å². The number of nitrogens with zero attached hydrogens (tertiary/aromatic N) is 2. The second kappa shape index (κ2) is 7.62. The first kappa shape index (κ1) is 16.7. The van der Waals surface area contributed by atoms with Crippen LogP contribution in [-0.2, 0) is 13.6 Å². The average Bonchev–Trinajstić information content (AvgIpc) is 2.95. The fraction of sp³-hybridized carbons (Fsp3) is 0.211. The van der Waals surface area contributed by atoms with Crippen molar-refractivity contribution >= 4 is 11.6 Å². The largest absolute Gasteiger partial charge is 0.386 e. The van der Waals surface area contributed by atoms with Crippen LogP contribution in [0, 0.1) is 0 Å². The maximum atomic E-state index is 10.9. The minimum absolute atomic E-state index is 0.246. The topological polar surface area (TPSA) is 50.1 Å². The minimum Gasteiger partial charge on any atom is -0.386 e. The van der Waals surface area contributed by atoms with Gasteiger partial charge in [-0.2, -0.15) is 0 Å². The standard InChI is InChI=1S/C19H20ClN3O/c1-23-16(20)12-21-17(23)13-22-18(14-8-4-2-5-9-14)19(24)15-10-6-3-7-11-15/h2-12,18-19,22,24H,13H2,1H3/t18-,19+/m1/s1. The lowest BCUT2D eigenvalue weighted by atomic mass is 9.96. The summed E-state index contributed by atoms with van der Waals surface area (Å²) < 4.78 is 1.82. The smallest absolute Gasteiger partial charge is 0.128 e. The Morgan fingerprint density at radius 1 is 1.04 bits per heavy atom. The highest BCUT2D eigenvalue weighted by Crippen LogP contribution is 2.29. The van der Waals surface area contributed by atoms with Crippen molar-refractivity contribution in [3.05, 3.63) is 89.0 Å². The lowest BCUT2D eigenvalue weighted by Gasteiger charge is -2.25. The number of aliphatic hydroxyl groups excluding tert-OH is 1. The maximum Gasteiger partial charge on any atom is 0.128 e. The zero-order valence-corrected chi connectivity index (χ0v) is 14.2. The van der Waals surface area contributed by atoms with Crippen molar-refractivity contribution in [1.29, 1.82) is 0 Å². The summed E-state index contributed by atoms with van der Waals surface area (Å²) in [5, 5.41) is 14.9. The molecule has 2 atom stereocenters. The van der Waals surface area contributed by atoms with E-state index in [4.69, 9.17) is 11.6 Å². The van der Waals surface area contributed by atoms with E-state index in [0.29, 0.717) is 11.7 Å². The Balaban J connectivity index is 1.84. The monoisotopic (exact) mass is 341 g/mol. The van der Waals surface area contributed by atoms with E-state index >= 15 is 0 Å². The van der Waals surface area contributed by atoms with E-state index in [2.05, 4.69) is 10.3 Å². The molecule has 1 aromatic heterocycles. The number of rotatable bonds is 6. The molecule has 0 aliphatic heterocycles. The van der Waals surface area contributed by atoms with Gasteiger partial charge in [0.1, 0.15) is 11.0 Å². The SMILES string of the molecule is Cn1c(Cl)cnc1CN[C@H](c1ccccc1)[C@@H](O)c1ccccc1. The van der Waals surface area contributed by atoms with Crippen molar-refractivity contribution in [3.8, 4) is 0 Å². The van der Waals surface area contributed by atoms with Gasteiger partial charge in [0, 0.05) is 7.05 Å². The first-order valence-electron chi connectivity index (χ1n) is 7.84. The Bertz CT molecular complexity index is 774. The summed E-state index contributed by atoms with van der Waals surface area (Å²) in [5.74, 6) is 0.821. The quantitative estimate of drug-likeness (QED) is 0.719. The third-order valence-electron chi connectivity index (χ3n) is 4.12. The van der Waals surface area contributed by atoms with Crippen LogP contribution in [0.5, 0.6) is 0 Å². The Kier molecular flexibility index (Phi) is 5.30. The lowest BCUT2D eigenvalue weighted by Crippen LogP contribution is -2.28. The molecule has 4 nitrogen and oxygen atoms in total. The van der Waals surface area contributed by atoms with Gasteiger partial charge in [0.2, 0.25) is 0 Å². The van der Waals surface area contributed by atoms with Crippen molar-refractivity contribution in [2.24, 2.45) is 7.05 Å². The molecule has 0 saturated carbocycles. The predicted octanol–water partition coefficient (Wildman–Crippen LogP) is 3.64. The molecule has 5 heteroatoms. The number of halogens is 1. The molecule has 0 unspecified atom stereocenters. The highest BCUT2D eigenvalue weighted by molar-refractivity contribution is 6.29. The summed E-state index contributed by atoms with van der Waals surface area (Å²) in [4.78, 5) is 4.30. The van der Waals surface area contributed by atoms with Gasteiger partial charge in [-0.05, 0) is 11.1 Å². The van der Waals surface area contributed by atoms with Gasteiger partial charge in [-0.15, -0.1) is 0 Å². The van der Waals surface area contributed by atoms with Gasteiger partial charge >= 0.3 is 0 Å². The summed E-state index contributed by atoms with van der Waals surface area (Å²) in [6, 6.07) is 19.3. The molecule has 0 radical (unpaired) electrons. The third kappa shape index (κ3) is 3.67. The van der Waals surface area contributed by atoms with E-state index in [1.807, 2.05) is 72.3 Å². The molecule has 0 fully saturated rings. The molecule has 0 saturated heterocycles. The van der Waals surface area contributed by atoms with Crippen molar-refractivity contribution in [1.82, 2.24) is 14.9 Å². The highest BCUT2D eigenvalue weighted by Gasteiger charge is 2.22. The lowest BCUT2D eigenvalue weighted by molar-refractivity contribution is 0.127. The van der Waals surface area contributed by atoms with Crippen LogP contribution in [0.3, 0.4) is 0 Å². The number of aliphatic hydroxyl groups is 1. The van der Waals surface area contributed by atoms with E-state index in [-0.39, 0.29) is 6.04 Å². The van der Waals surface area contributed by atoms with E-state index in [0.717, 1.165) is 17.0 Å². The molecule has 0 aliphatic rings. The summed E-state index contributed by atoms with van der Waals surface area (Å²) in [6.45, 7) is 0.507. The average molecular weight is 342 g/mol. The molecule has 0 aliphatic carbocycles. The fourth-order valence-electron chi connectivity index (χ4n) is 2.70. The van der Waals surface area contributed by atoms with Gasteiger partial charge in [0.15, 0.2) is 0 Å². The van der Waals surface area contributed by atoms with Gasteiger partial charge in [-0.1, -0.05) is 72.3 Å². The fourth-order valence-corrected chi connectivity index (χ4v) is 2.85. The maximum absolute atomic E-state index is 10.9. The van der Waals surface area contributed by atoms with Crippen molar-refractivity contribution in [2.75, 3.05) is 0 Å². The van der Waals surface area contributed by atoms with Crippen LogP contribution < -0.4 is 5.32 Å². The van der Waals surface area contributed by atoms with Crippen LogP contribution in [0.2, 0.25) is 5.15 Å². The molecule has 0 amide bonds. The van der Waals surface area contributed by atoms with Crippen molar-refractivity contribution in [2.45, 2.75) is 18.7 Å². The Labute approximate surface area is 146 Å². The molecule has 124 valence electrons. The van der Waals surface area contributed by atoms with Crippen LogP contribution in [0.15, 0.2) is 66.9 Å². The van der Waals surface area contributed by atoms with Gasteiger partial charge in [0.05, 0.1) is 24.9 Å². The number of imidazole rings is 1. The zero-order chi connectivity index (χ0) is 16.9. The Hall–Kier alpha value is -2.14. The first-order chi connectivity index (χ1) is 11.7. The molecule has 24 heavy (non-hydrogen) atoms. The number of hydrogen-bond donors (Lipinski definition) is 2. The molecule has 1 heterocycles. The van der Waals surface area contributed by atoms with E-state index in [9.17, 15) is 5.11 Å². The van der Waals surface area contributed by atoms with E-state index < -0.39 is 6.10 Å². The second-order valence-electron chi connectivity index (χ2n) is 5.68. The van der Waals surface area contributed by atoms with E-state index in [1.165, 1.54) is 0 Å². The van der Waals surface area contributed by atoms with Crippen molar-refractivity contribution in [3.63, 3.8) is 0 Å². The first-order valence-corrected chi connectivity index (χ1v) is 8.22. The summed E-state index contributed by atoms with van der Waals surface area (Å²) >= 11 is 6.04. The molecule has 3 aromatic rings. The molecule has 0 bridgehead atoms. The molecule has 2 N–H and O–H groups in total. The second-order valence-corrected chi connectivity index (χ2v) is 6.07. The minimum atomic E-state index is -0.663. The van der Waals surface area contributed by atoms with Crippen LogP contribution in [0.25, 0.3) is 0 Å². The van der Waals surface area contributed by atoms with Crippen LogP contribution in [0.1, 0.15) is 29.1 Å². The van der Waals surface area contributed by atoms with Gasteiger partial charge < -0.3 is 15.0 Å². The Morgan fingerprint density at radius 3 is 2.17 bits per heavy atom. The summed E-state index contributed by atoms with van der Waals surface area (Å²) in [5.41, 5.74) is 1.89. The number of aromatic nitrogens is 2. The summed E-state index contributed by atoms with van der Waals surface area (Å²) in [6.07, 6.45) is 0.966. The highest BCUT2D eigenvalue weighted by atomic mass is 35.5. The molecule has 3 rings (SSSR count). The molecular formula is C19H20ClN3O. The zero-order valence-electron chi connectivity index (χ0n) is 13.4. The van der Waals surface area contributed by atoms with Gasteiger partial charge in [0.25, 0.3) is 0 Å². The van der Waals surface area contributed by atoms with Gasteiger partial charge in [-0.3, -0.25) is 0 Å². The van der Waals surface area contributed by atoms with Crippen LogP contribution in [0.4, 0.5) is 0 Å². The normalized spacial score (nSPS) is 13.6. The van der Waals surface area contributed by atoms with Crippen molar-refractivity contribution < 1.29 is 5.11 Å². The molecular weight excluding hydrogens is 322 g/mol. The predicted molar refractivity (Wildman–Crippen MR) is 95.6 cm³/mol. The third-order valence-corrected chi connectivity index (χ3v) is 4.47.